The predicted molar refractivity (Wildman–Crippen MR) is 67.9 cm³/mol. The number of carbonyl (C=O) groups excluding carboxylic acids is 2. The van der Waals surface area contributed by atoms with Gasteiger partial charge >= 0.3 is 0 Å². The van der Waals surface area contributed by atoms with Gasteiger partial charge in [-0.15, -0.1) is 0 Å². The first-order chi connectivity index (χ1) is 6.80. The Morgan fingerprint density at radius 3 is 1.73 bits per heavy atom. The minimum Gasteiger partial charge on any atom is -0.323 e. The quantitative estimate of drug-likeness (QED) is 0.493. The molecule has 1 heterocycles. The van der Waals surface area contributed by atoms with Gasteiger partial charge in [-0.25, -0.2) is 0 Å². The van der Waals surface area contributed by atoms with E-state index in [0.717, 1.165) is 0 Å². The molecule has 6 heteroatoms. The topological polar surface area (TPSA) is 51.2 Å². The molecule has 0 aromatic carbocycles. The minimum atomic E-state index is -2.59. The molecule has 1 aliphatic heterocycles. The third kappa shape index (κ3) is 4.49. The monoisotopic (exact) mass is 358 g/mol. The molecule has 0 aromatic heterocycles. The first-order valence-electron chi connectivity index (χ1n) is 4.67. The van der Waals surface area contributed by atoms with Gasteiger partial charge in [-0.1, -0.05) is 31.9 Å². The van der Waals surface area contributed by atoms with E-state index in [-0.39, 0.29) is 33.5 Å². The number of Topliss-reactive ketones (excluding diaryl/α,β-unsaturated/α-hetero) is 2. The van der Waals surface area contributed by atoms with Crippen molar-refractivity contribution >= 4 is 50.6 Å². The number of carbonyl (C=O) groups is 2. The van der Waals surface area contributed by atoms with E-state index in [1.54, 1.807) is 6.66 Å². The second-order valence-electron chi connectivity index (χ2n) is 4.13. The maximum Gasteiger partial charge on any atom is 0.141 e. The molecule has 1 saturated heterocycles. The Hall–Kier alpha value is 0.530. The molecule has 0 aliphatic carbocycles. The third-order valence-corrected chi connectivity index (χ3v) is 6.94. The van der Waals surface area contributed by atoms with E-state index in [9.17, 15) is 14.2 Å². The Bertz CT molecular complexity index is 301. The first kappa shape index (κ1) is 13.6. The molecule has 1 rings (SSSR count). The number of alkyl halides is 2. The van der Waals surface area contributed by atoms with Gasteiger partial charge in [0.05, 0.1) is 19.5 Å². The summed E-state index contributed by atoms with van der Waals surface area (Å²) >= 11 is 6.74. The van der Waals surface area contributed by atoms with Gasteiger partial charge in [0, 0.05) is 22.5 Å². The molecule has 0 N–H and O–H groups in total. The van der Waals surface area contributed by atoms with Crippen molar-refractivity contribution in [1.29, 1.82) is 0 Å². The van der Waals surface area contributed by atoms with Crippen molar-refractivity contribution in [3.63, 3.8) is 0 Å². The van der Waals surface area contributed by atoms with E-state index in [1.807, 2.05) is 0 Å². The van der Waals surface area contributed by atoms with E-state index in [4.69, 9.17) is 0 Å². The number of ketones is 2. The van der Waals surface area contributed by atoms with Crippen LogP contribution in [0.1, 0.15) is 12.8 Å². The standard InChI is InChI=1S/C9H13Br2O3P/c1-15(14)4-6(12)2-8(10)9(11)3-7(13)5-15/h8-9H,2-5H2,1H3/t8-,9-/m1/s1. The number of halogens is 2. The van der Waals surface area contributed by atoms with E-state index < -0.39 is 7.14 Å². The van der Waals surface area contributed by atoms with E-state index in [0.29, 0.717) is 12.8 Å². The first-order valence-corrected chi connectivity index (χ1v) is 9.03. The fourth-order valence-electron chi connectivity index (χ4n) is 1.62. The summed E-state index contributed by atoms with van der Waals surface area (Å²) in [6.45, 7) is 1.54. The molecule has 0 radical (unpaired) electrons. The maximum atomic E-state index is 11.9. The molecule has 0 unspecified atom stereocenters. The van der Waals surface area contributed by atoms with Gasteiger partial charge in [-0.05, 0) is 6.66 Å². The van der Waals surface area contributed by atoms with Crippen molar-refractivity contribution in [2.45, 2.75) is 22.5 Å². The minimum absolute atomic E-state index is 0.0261. The van der Waals surface area contributed by atoms with Gasteiger partial charge in [0.2, 0.25) is 0 Å². The van der Waals surface area contributed by atoms with Crippen LogP contribution >= 0.6 is 39.0 Å². The lowest BCUT2D eigenvalue weighted by atomic mass is 10.1. The molecule has 0 spiro atoms. The highest BCUT2D eigenvalue weighted by Gasteiger charge is 2.30. The summed E-state index contributed by atoms with van der Waals surface area (Å²) in [6, 6.07) is 0. The van der Waals surface area contributed by atoms with Crippen molar-refractivity contribution in [1.82, 2.24) is 0 Å². The molecule has 86 valence electrons. The maximum absolute atomic E-state index is 11.9. The summed E-state index contributed by atoms with van der Waals surface area (Å²) in [4.78, 5) is 23.0. The van der Waals surface area contributed by atoms with Gasteiger partial charge in [0.1, 0.15) is 11.6 Å². The Morgan fingerprint density at radius 2 is 1.40 bits per heavy atom. The van der Waals surface area contributed by atoms with Gasteiger partial charge in [0.25, 0.3) is 0 Å². The van der Waals surface area contributed by atoms with Crippen molar-refractivity contribution in [2.75, 3.05) is 19.0 Å². The summed E-state index contributed by atoms with van der Waals surface area (Å²) in [6.07, 6.45) is 0.781. The van der Waals surface area contributed by atoms with Crippen LogP contribution in [0.25, 0.3) is 0 Å². The zero-order valence-electron chi connectivity index (χ0n) is 8.41. The Morgan fingerprint density at radius 1 is 1.07 bits per heavy atom. The largest absolute Gasteiger partial charge is 0.323 e. The Labute approximate surface area is 106 Å². The van der Waals surface area contributed by atoms with E-state index >= 15 is 0 Å². The lowest BCUT2D eigenvalue weighted by Gasteiger charge is -2.12. The lowest BCUT2D eigenvalue weighted by Crippen LogP contribution is -2.20. The Kier molecular flexibility index (Phi) is 4.75. The van der Waals surface area contributed by atoms with Crippen LogP contribution in [-0.2, 0) is 14.2 Å². The highest BCUT2D eigenvalue weighted by Crippen LogP contribution is 2.43. The molecule has 0 saturated carbocycles. The van der Waals surface area contributed by atoms with Gasteiger partial charge < -0.3 is 4.57 Å². The molecule has 0 amide bonds. The second kappa shape index (κ2) is 5.24. The molecular formula is C9H13Br2O3P. The molecule has 1 fully saturated rings. The van der Waals surface area contributed by atoms with Crippen molar-refractivity contribution < 1.29 is 14.2 Å². The van der Waals surface area contributed by atoms with Crippen LogP contribution in [-0.4, -0.2) is 40.2 Å². The summed E-state index contributed by atoms with van der Waals surface area (Å²) in [5.41, 5.74) is 0. The molecule has 0 bridgehead atoms. The second-order valence-corrected chi connectivity index (χ2v) is 9.71. The lowest BCUT2D eigenvalue weighted by molar-refractivity contribution is -0.117. The molecule has 3 nitrogen and oxygen atoms in total. The third-order valence-electron chi connectivity index (χ3n) is 2.26. The van der Waals surface area contributed by atoms with Crippen LogP contribution in [0, 0.1) is 0 Å². The highest BCUT2D eigenvalue weighted by molar-refractivity contribution is 9.12. The molecule has 15 heavy (non-hydrogen) atoms. The molecule has 2 atom stereocenters. The van der Waals surface area contributed by atoms with Crippen LogP contribution in [0.15, 0.2) is 0 Å². The van der Waals surface area contributed by atoms with Crippen molar-refractivity contribution in [3.05, 3.63) is 0 Å². The average molecular weight is 360 g/mol. The normalized spacial score (nSPS) is 33.0. The smallest absolute Gasteiger partial charge is 0.141 e. The van der Waals surface area contributed by atoms with Crippen LogP contribution in [0.5, 0.6) is 0 Å². The van der Waals surface area contributed by atoms with Crippen molar-refractivity contribution in [2.24, 2.45) is 0 Å². The van der Waals surface area contributed by atoms with Crippen LogP contribution in [0.3, 0.4) is 0 Å². The molecule has 1 aliphatic rings. The van der Waals surface area contributed by atoms with Gasteiger partial charge in [-0.2, -0.15) is 0 Å². The van der Waals surface area contributed by atoms with Crippen molar-refractivity contribution in [3.8, 4) is 0 Å². The van der Waals surface area contributed by atoms with Gasteiger partial charge in [0.15, 0.2) is 0 Å². The zero-order valence-corrected chi connectivity index (χ0v) is 12.5. The zero-order chi connectivity index (χ0) is 11.6. The van der Waals surface area contributed by atoms with E-state index in [2.05, 4.69) is 31.9 Å². The fraction of sp³-hybridized carbons (Fsp3) is 0.778. The summed E-state index contributed by atoms with van der Waals surface area (Å²) in [5, 5.41) is 0. The number of hydrogen-bond donors (Lipinski definition) is 0. The van der Waals surface area contributed by atoms with Crippen LogP contribution in [0.2, 0.25) is 0 Å². The van der Waals surface area contributed by atoms with Gasteiger partial charge in [-0.3, -0.25) is 9.59 Å². The fourth-order valence-corrected chi connectivity index (χ4v) is 4.58. The SMILES string of the molecule is CP1(=O)CC(=O)C[C@@H](Br)[C@H](Br)CC(=O)C1. The average Bonchev–Trinajstić information content (AvgIpc) is 2.01. The number of hydrogen-bond acceptors (Lipinski definition) is 3. The predicted octanol–water partition coefficient (Wildman–Crippen LogP) is 2.44. The highest BCUT2D eigenvalue weighted by atomic mass is 79.9. The molecule has 0 aromatic rings. The Balaban J connectivity index is 2.86. The van der Waals surface area contributed by atoms with Crippen LogP contribution in [0.4, 0.5) is 0 Å². The van der Waals surface area contributed by atoms with Crippen LogP contribution < -0.4 is 0 Å². The summed E-state index contributed by atoms with van der Waals surface area (Å²) in [5.74, 6) is -0.0521. The van der Waals surface area contributed by atoms with E-state index in [1.165, 1.54) is 0 Å². The summed E-state index contributed by atoms with van der Waals surface area (Å²) < 4.78 is 11.9. The molecular weight excluding hydrogens is 347 g/mol. The number of rotatable bonds is 0. The summed E-state index contributed by atoms with van der Waals surface area (Å²) in [7, 11) is -2.59.